The number of pyridine rings is 1. The summed E-state index contributed by atoms with van der Waals surface area (Å²) >= 11 is 0. The number of quaternary nitrogens is 1. The van der Waals surface area contributed by atoms with Gasteiger partial charge in [0.1, 0.15) is 12.2 Å². The SMILES string of the molecule is C=CC[N+](C)(c1ccc(-c2ccccc2)cc1)c1ncccc1[N+](=O)[O-]. The van der Waals surface area contributed by atoms with Gasteiger partial charge in [0.2, 0.25) is 0 Å². The quantitative estimate of drug-likeness (QED) is 0.270. The number of aromatic nitrogens is 1. The summed E-state index contributed by atoms with van der Waals surface area (Å²) < 4.78 is 0.176. The molecule has 0 bridgehead atoms. The minimum atomic E-state index is -0.389. The normalized spacial score (nSPS) is 13.0. The first kappa shape index (κ1) is 17.5. The van der Waals surface area contributed by atoms with Gasteiger partial charge in [0.25, 0.3) is 0 Å². The van der Waals surface area contributed by atoms with Crippen LogP contribution in [0, 0.1) is 10.1 Å². The molecule has 0 N–H and O–H groups in total. The third-order valence-corrected chi connectivity index (χ3v) is 4.47. The van der Waals surface area contributed by atoms with Crippen LogP contribution in [0.2, 0.25) is 0 Å². The highest BCUT2D eigenvalue weighted by Crippen LogP contribution is 2.38. The van der Waals surface area contributed by atoms with E-state index >= 15 is 0 Å². The van der Waals surface area contributed by atoms with Crippen molar-refractivity contribution in [1.82, 2.24) is 9.47 Å². The second kappa shape index (κ2) is 7.29. The first-order chi connectivity index (χ1) is 12.6. The fourth-order valence-electron chi connectivity index (χ4n) is 3.10. The second-order valence-corrected chi connectivity index (χ2v) is 6.18. The number of nitrogens with zero attached hydrogens (tertiary/aromatic N) is 3. The Labute approximate surface area is 152 Å². The van der Waals surface area contributed by atoms with Crippen LogP contribution in [0.15, 0.2) is 85.6 Å². The molecular formula is C21H20N3O2+. The Morgan fingerprint density at radius 1 is 1.04 bits per heavy atom. The van der Waals surface area contributed by atoms with Crippen molar-refractivity contribution in [3.05, 3.63) is 95.7 Å². The first-order valence-corrected chi connectivity index (χ1v) is 8.29. The summed E-state index contributed by atoms with van der Waals surface area (Å²) in [6.45, 7) is 4.31. The van der Waals surface area contributed by atoms with Crippen LogP contribution in [0.4, 0.5) is 17.2 Å². The summed E-state index contributed by atoms with van der Waals surface area (Å²) in [5, 5.41) is 11.5. The molecule has 5 nitrogen and oxygen atoms in total. The zero-order chi connectivity index (χ0) is 18.6. The number of likely N-dealkylation sites (N-methyl/N-ethyl adjacent to an activating group) is 1. The van der Waals surface area contributed by atoms with Crippen LogP contribution in [0.5, 0.6) is 0 Å². The average Bonchev–Trinajstić information content (AvgIpc) is 2.69. The van der Waals surface area contributed by atoms with E-state index in [0.29, 0.717) is 12.4 Å². The molecule has 0 saturated carbocycles. The van der Waals surface area contributed by atoms with E-state index in [9.17, 15) is 10.1 Å². The Hall–Kier alpha value is -3.31. The molecular weight excluding hydrogens is 326 g/mol. The van der Waals surface area contributed by atoms with Crippen LogP contribution in [-0.2, 0) is 0 Å². The summed E-state index contributed by atoms with van der Waals surface area (Å²) in [7, 11) is 1.91. The molecule has 3 aromatic rings. The lowest BCUT2D eigenvalue weighted by Gasteiger charge is -2.30. The summed E-state index contributed by atoms with van der Waals surface area (Å²) in [5.41, 5.74) is 3.13. The smallest absolute Gasteiger partial charge is 0.258 e. The van der Waals surface area contributed by atoms with E-state index < -0.39 is 0 Å². The largest absolute Gasteiger partial charge is 0.350 e. The molecule has 0 aliphatic carbocycles. The number of hydrogen-bond donors (Lipinski definition) is 0. The topological polar surface area (TPSA) is 56.0 Å². The van der Waals surface area contributed by atoms with E-state index in [-0.39, 0.29) is 15.1 Å². The van der Waals surface area contributed by atoms with Gasteiger partial charge in [-0.1, -0.05) is 36.9 Å². The Bertz CT molecular complexity index is 924. The maximum atomic E-state index is 11.5. The van der Waals surface area contributed by atoms with Gasteiger partial charge in [0.05, 0.1) is 12.0 Å². The molecule has 0 spiro atoms. The molecule has 0 aliphatic rings. The third-order valence-electron chi connectivity index (χ3n) is 4.47. The molecule has 1 unspecified atom stereocenters. The maximum Gasteiger partial charge on any atom is 0.350 e. The fraction of sp³-hybridized carbons (Fsp3) is 0.0952. The zero-order valence-electron chi connectivity index (χ0n) is 14.6. The van der Waals surface area contributed by atoms with E-state index in [1.165, 1.54) is 6.07 Å². The summed E-state index contributed by atoms with van der Waals surface area (Å²) in [4.78, 5) is 15.4. The summed E-state index contributed by atoms with van der Waals surface area (Å²) in [6, 6.07) is 21.2. The molecule has 5 heteroatoms. The maximum absolute atomic E-state index is 11.5. The van der Waals surface area contributed by atoms with Gasteiger partial charge in [-0.15, -0.1) is 0 Å². The minimum Gasteiger partial charge on any atom is -0.258 e. The molecule has 0 aliphatic heterocycles. The van der Waals surface area contributed by atoms with Gasteiger partial charge in [-0.3, -0.25) is 10.1 Å². The van der Waals surface area contributed by atoms with Crippen molar-refractivity contribution in [2.24, 2.45) is 0 Å². The van der Waals surface area contributed by atoms with Gasteiger partial charge >= 0.3 is 11.5 Å². The van der Waals surface area contributed by atoms with E-state index in [1.807, 2.05) is 49.5 Å². The Morgan fingerprint density at radius 2 is 1.69 bits per heavy atom. The van der Waals surface area contributed by atoms with Crippen LogP contribution >= 0.6 is 0 Å². The molecule has 26 heavy (non-hydrogen) atoms. The number of hydrogen-bond acceptors (Lipinski definition) is 3. The standard InChI is InChI=1S/C21H20N3O2/c1-3-16-24(2,21-20(23(25)26)10-7-15-22-21)19-13-11-18(12-14-19)17-8-5-4-6-9-17/h3-15H,1,16H2,2H3/q+1. The predicted molar refractivity (Wildman–Crippen MR) is 105 cm³/mol. The van der Waals surface area contributed by atoms with Crippen molar-refractivity contribution in [2.75, 3.05) is 13.6 Å². The molecule has 0 fully saturated rings. The van der Waals surface area contributed by atoms with E-state index in [1.54, 1.807) is 18.3 Å². The monoisotopic (exact) mass is 346 g/mol. The van der Waals surface area contributed by atoms with Crippen molar-refractivity contribution in [1.29, 1.82) is 0 Å². The lowest BCUT2D eigenvalue weighted by atomic mass is 10.0. The predicted octanol–water partition coefficient (Wildman–Crippen LogP) is 5.11. The Balaban J connectivity index is 2.08. The van der Waals surface area contributed by atoms with Crippen molar-refractivity contribution >= 4 is 17.2 Å². The molecule has 0 radical (unpaired) electrons. The van der Waals surface area contributed by atoms with Gasteiger partial charge in [-0.25, -0.2) is 4.48 Å². The van der Waals surface area contributed by atoms with Crippen LogP contribution in [0.3, 0.4) is 0 Å². The van der Waals surface area contributed by atoms with E-state index in [2.05, 4.69) is 23.7 Å². The van der Waals surface area contributed by atoms with Crippen LogP contribution in [-0.4, -0.2) is 23.5 Å². The zero-order valence-corrected chi connectivity index (χ0v) is 14.6. The van der Waals surface area contributed by atoms with Gasteiger partial charge < -0.3 is 0 Å². The summed E-state index contributed by atoms with van der Waals surface area (Å²) in [5.74, 6) is 0.393. The highest BCUT2D eigenvalue weighted by Gasteiger charge is 2.36. The number of nitro groups is 1. The highest BCUT2D eigenvalue weighted by molar-refractivity contribution is 5.69. The molecule has 2 aromatic carbocycles. The number of benzene rings is 2. The van der Waals surface area contributed by atoms with Crippen molar-refractivity contribution in [3.63, 3.8) is 0 Å². The molecule has 1 aromatic heterocycles. The van der Waals surface area contributed by atoms with Gasteiger partial charge in [-0.05, 0) is 35.4 Å². The van der Waals surface area contributed by atoms with Crippen LogP contribution in [0.25, 0.3) is 11.1 Å². The van der Waals surface area contributed by atoms with Gasteiger partial charge in [0, 0.05) is 24.4 Å². The van der Waals surface area contributed by atoms with Crippen LogP contribution in [0.1, 0.15) is 0 Å². The molecule has 1 heterocycles. The van der Waals surface area contributed by atoms with Crippen molar-refractivity contribution in [3.8, 4) is 11.1 Å². The first-order valence-electron chi connectivity index (χ1n) is 8.29. The summed E-state index contributed by atoms with van der Waals surface area (Å²) in [6.07, 6.45) is 3.34. The molecule has 0 saturated heterocycles. The van der Waals surface area contributed by atoms with Crippen molar-refractivity contribution < 1.29 is 4.92 Å². The highest BCUT2D eigenvalue weighted by atomic mass is 16.6. The molecule has 3 rings (SSSR count). The average molecular weight is 346 g/mol. The van der Waals surface area contributed by atoms with Crippen LogP contribution < -0.4 is 4.48 Å². The Kier molecular flexibility index (Phi) is 4.91. The lowest BCUT2D eigenvalue weighted by Crippen LogP contribution is -2.41. The Morgan fingerprint density at radius 3 is 2.31 bits per heavy atom. The van der Waals surface area contributed by atoms with Crippen molar-refractivity contribution in [2.45, 2.75) is 0 Å². The second-order valence-electron chi connectivity index (χ2n) is 6.18. The van der Waals surface area contributed by atoms with Gasteiger partial charge in [0.15, 0.2) is 0 Å². The minimum absolute atomic E-state index is 0.00369. The molecule has 1 atom stereocenters. The van der Waals surface area contributed by atoms with E-state index in [4.69, 9.17) is 0 Å². The molecule has 130 valence electrons. The number of rotatable bonds is 6. The molecule has 0 amide bonds. The lowest BCUT2D eigenvalue weighted by molar-refractivity contribution is -0.384. The fourth-order valence-corrected chi connectivity index (χ4v) is 3.10. The third kappa shape index (κ3) is 3.25. The van der Waals surface area contributed by atoms with Gasteiger partial charge in [-0.2, -0.15) is 4.98 Å². The van der Waals surface area contributed by atoms with E-state index in [0.717, 1.165) is 16.8 Å².